The van der Waals surface area contributed by atoms with Crippen LogP contribution in [0.1, 0.15) is 41.6 Å². The number of thioether (sulfide) groups is 1. The molecule has 0 atom stereocenters. The van der Waals surface area contributed by atoms with E-state index in [9.17, 15) is 4.79 Å². The maximum absolute atomic E-state index is 13.2. The van der Waals surface area contributed by atoms with Crippen molar-refractivity contribution in [2.75, 3.05) is 44.4 Å². The van der Waals surface area contributed by atoms with Gasteiger partial charge in [-0.05, 0) is 25.3 Å². The summed E-state index contributed by atoms with van der Waals surface area (Å²) in [6, 6.07) is 8.05. The average Bonchev–Trinajstić information content (AvgIpc) is 2.72. The number of amides is 1. The van der Waals surface area contributed by atoms with E-state index in [-0.39, 0.29) is 11.8 Å². The van der Waals surface area contributed by atoms with Gasteiger partial charge in [-0.3, -0.25) is 4.79 Å². The number of hydrogen-bond acceptors (Lipinski definition) is 6. The normalized spacial score (nSPS) is 14.5. The summed E-state index contributed by atoms with van der Waals surface area (Å²) in [5.41, 5.74) is 2.53. The molecule has 0 saturated carbocycles. The van der Waals surface area contributed by atoms with Gasteiger partial charge in [0.15, 0.2) is 0 Å². The fourth-order valence-corrected chi connectivity index (χ4v) is 3.98. The summed E-state index contributed by atoms with van der Waals surface area (Å²) in [5.74, 6) is 1.91. The third-order valence-electron chi connectivity index (χ3n) is 4.98. The smallest absolute Gasteiger partial charge is 0.258 e. The number of hydrogen-bond donors (Lipinski definition) is 0. The molecule has 1 aliphatic heterocycles. The lowest BCUT2D eigenvalue weighted by Crippen LogP contribution is -2.49. The number of nitrogens with zero attached hydrogens (tertiary/aromatic N) is 4. The monoisotopic (exact) mass is 400 g/mol. The van der Waals surface area contributed by atoms with Gasteiger partial charge in [0.25, 0.3) is 5.91 Å². The predicted octanol–water partition coefficient (Wildman–Crippen LogP) is 3.60. The largest absolute Gasteiger partial charge is 0.497 e. The van der Waals surface area contributed by atoms with E-state index in [0.717, 1.165) is 41.1 Å². The van der Waals surface area contributed by atoms with Gasteiger partial charge in [0.05, 0.1) is 18.4 Å². The van der Waals surface area contributed by atoms with Crippen molar-refractivity contribution in [1.82, 2.24) is 14.9 Å². The van der Waals surface area contributed by atoms with Crippen molar-refractivity contribution >= 4 is 23.4 Å². The Labute approximate surface area is 171 Å². The Morgan fingerprint density at radius 3 is 2.50 bits per heavy atom. The first-order valence-corrected chi connectivity index (χ1v) is 10.8. The van der Waals surface area contributed by atoms with E-state index in [1.165, 1.54) is 11.8 Å². The Morgan fingerprint density at radius 1 is 1.18 bits per heavy atom. The van der Waals surface area contributed by atoms with Crippen LogP contribution in [0.3, 0.4) is 0 Å². The molecule has 7 heteroatoms. The minimum atomic E-state index is 0.0300. The lowest BCUT2D eigenvalue weighted by molar-refractivity contribution is 0.0741. The van der Waals surface area contributed by atoms with Crippen LogP contribution in [0.5, 0.6) is 5.75 Å². The molecule has 1 amide bonds. The van der Waals surface area contributed by atoms with Crippen molar-refractivity contribution in [2.45, 2.75) is 31.7 Å². The number of aromatic nitrogens is 2. The van der Waals surface area contributed by atoms with Gasteiger partial charge in [-0.15, -0.1) is 11.8 Å². The molecular formula is C21H28N4O2S. The number of rotatable bonds is 5. The highest BCUT2D eigenvalue weighted by atomic mass is 32.2. The Hall–Kier alpha value is -2.28. The van der Waals surface area contributed by atoms with Crippen molar-refractivity contribution in [2.24, 2.45) is 0 Å². The number of piperazine rings is 1. The Balaban J connectivity index is 1.75. The van der Waals surface area contributed by atoms with Gasteiger partial charge in [0.1, 0.15) is 16.6 Å². The molecule has 6 nitrogen and oxygen atoms in total. The van der Waals surface area contributed by atoms with Gasteiger partial charge in [-0.1, -0.05) is 19.9 Å². The summed E-state index contributed by atoms with van der Waals surface area (Å²) in [7, 11) is 1.67. The van der Waals surface area contributed by atoms with Crippen LogP contribution in [0.2, 0.25) is 0 Å². The molecule has 2 aromatic rings. The first-order valence-electron chi connectivity index (χ1n) is 9.55. The van der Waals surface area contributed by atoms with Gasteiger partial charge < -0.3 is 14.5 Å². The number of anilines is 1. The predicted molar refractivity (Wildman–Crippen MR) is 114 cm³/mol. The Morgan fingerprint density at radius 2 is 1.89 bits per heavy atom. The molecule has 3 rings (SSSR count). The molecule has 0 aliphatic carbocycles. The quantitative estimate of drug-likeness (QED) is 0.565. The van der Waals surface area contributed by atoms with Crippen LogP contribution in [0.15, 0.2) is 29.3 Å². The highest BCUT2D eigenvalue weighted by Crippen LogP contribution is 2.26. The van der Waals surface area contributed by atoms with Crippen molar-refractivity contribution in [1.29, 1.82) is 0 Å². The van der Waals surface area contributed by atoms with Gasteiger partial charge in [0, 0.05) is 43.9 Å². The van der Waals surface area contributed by atoms with Crippen LogP contribution in [0.4, 0.5) is 5.69 Å². The molecule has 2 heterocycles. The number of carbonyl (C=O) groups is 1. The molecule has 1 saturated heterocycles. The standard InChI is InChI=1S/C21H28N4O2S/c1-14(2)19-22-15(3)18(20(23-19)28-5)21(26)25-11-9-24(10-12-25)16-7-6-8-17(13-16)27-4/h6-8,13-14H,9-12H2,1-5H3. The first-order chi connectivity index (χ1) is 13.4. The zero-order valence-electron chi connectivity index (χ0n) is 17.2. The second kappa shape index (κ2) is 8.82. The maximum atomic E-state index is 13.2. The van der Waals surface area contributed by atoms with E-state index < -0.39 is 0 Å². The molecule has 0 radical (unpaired) electrons. The molecular weight excluding hydrogens is 372 g/mol. The fourth-order valence-electron chi connectivity index (χ4n) is 3.35. The average molecular weight is 401 g/mol. The van der Waals surface area contributed by atoms with E-state index in [2.05, 4.69) is 34.8 Å². The summed E-state index contributed by atoms with van der Waals surface area (Å²) in [4.78, 5) is 26.6. The van der Waals surface area contributed by atoms with E-state index in [1.807, 2.05) is 36.3 Å². The molecule has 0 bridgehead atoms. The molecule has 1 aliphatic rings. The highest BCUT2D eigenvalue weighted by molar-refractivity contribution is 7.98. The van der Waals surface area contributed by atoms with Crippen LogP contribution < -0.4 is 9.64 Å². The zero-order valence-corrected chi connectivity index (χ0v) is 18.0. The van der Waals surface area contributed by atoms with Gasteiger partial charge in [0.2, 0.25) is 0 Å². The Bertz CT molecular complexity index is 848. The second-order valence-electron chi connectivity index (χ2n) is 7.19. The molecule has 150 valence electrons. The number of methoxy groups -OCH3 is 1. The lowest BCUT2D eigenvalue weighted by atomic mass is 10.1. The van der Waals surface area contributed by atoms with Crippen LogP contribution in [-0.2, 0) is 0 Å². The van der Waals surface area contributed by atoms with Crippen molar-refractivity contribution < 1.29 is 9.53 Å². The summed E-state index contributed by atoms with van der Waals surface area (Å²) in [6.07, 6.45) is 1.96. The number of benzene rings is 1. The van der Waals surface area contributed by atoms with Crippen molar-refractivity contribution in [3.05, 3.63) is 41.3 Å². The van der Waals surface area contributed by atoms with E-state index >= 15 is 0 Å². The second-order valence-corrected chi connectivity index (χ2v) is 7.98. The van der Waals surface area contributed by atoms with Gasteiger partial charge >= 0.3 is 0 Å². The lowest BCUT2D eigenvalue weighted by Gasteiger charge is -2.36. The van der Waals surface area contributed by atoms with Gasteiger partial charge in [-0.2, -0.15) is 0 Å². The molecule has 0 N–H and O–H groups in total. The van der Waals surface area contributed by atoms with E-state index in [4.69, 9.17) is 4.74 Å². The number of carbonyl (C=O) groups excluding carboxylic acids is 1. The van der Waals surface area contributed by atoms with E-state index in [0.29, 0.717) is 18.7 Å². The molecule has 1 aromatic carbocycles. The van der Waals surface area contributed by atoms with E-state index in [1.54, 1.807) is 7.11 Å². The number of ether oxygens (including phenoxy) is 1. The van der Waals surface area contributed by atoms with Crippen LogP contribution in [-0.4, -0.2) is 60.3 Å². The summed E-state index contributed by atoms with van der Waals surface area (Å²) < 4.78 is 5.32. The van der Waals surface area contributed by atoms with Gasteiger partial charge in [-0.25, -0.2) is 9.97 Å². The minimum absolute atomic E-state index is 0.0300. The molecule has 28 heavy (non-hydrogen) atoms. The molecule has 0 spiro atoms. The topological polar surface area (TPSA) is 58.6 Å². The molecule has 0 unspecified atom stereocenters. The Kier molecular flexibility index (Phi) is 6.44. The summed E-state index contributed by atoms with van der Waals surface area (Å²) in [5, 5.41) is 0.774. The summed E-state index contributed by atoms with van der Waals surface area (Å²) >= 11 is 1.51. The molecule has 1 fully saturated rings. The molecule has 1 aromatic heterocycles. The van der Waals surface area contributed by atoms with Crippen molar-refractivity contribution in [3.63, 3.8) is 0 Å². The zero-order chi connectivity index (χ0) is 20.3. The van der Waals surface area contributed by atoms with Crippen LogP contribution in [0.25, 0.3) is 0 Å². The number of aryl methyl sites for hydroxylation is 1. The highest BCUT2D eigenvalue weighted by Gasteiger charge is 2.27. The third kappa shape index (κ3) is 4.24. The SMILES string of the molecule is COc1cccc(N2CCN(C(=O)c3c(C)nc(C(C)C)nc3SC)CC2)c1. The third-order valence-corrected chi connectivity index (χ3v) is 5.67. The van der Waals surface area contributed by atoms with Crippen LogP contribution >= 0.6 is 11.8 Å². The maximum Gasteiger partial charge on any atom is 0.258 e. The first kappa shape index (κ1) is 20.5. The van der Waals surface area contributed by atoms with Crippen molar-refractivity contribution in [3.8, 4) is 5.75 Å². The minimum Gasteiger partial charge on any atom is -0.497 e. The van der Waals surface area contributed by atoms with Crippen LogP contribution in [0, 0.1) is 6.92 Å². The summed E-state index contributed by atoms with van der Waals surface area (Å²) in [6.45, 7) is 8.98. The fraction of sp³-hybridized carbons (Fsp3) is 0.476.